The highest BCUT2D eigenvalue weighted by Gasteiger charge is 2.40. The average Bonchev–Trinajstić information content (AvgIpc) is 3.20. The molecule has 0 bridgehead atoms. The van der Waals surface area contributed by atoms with Crippen LogP contribution < -0.4 is 4.74 Å². The molecule has 0 aliphatic carbocycles. The zero-order valence-electron chi connectivity index (χ0n) is 15.7. The second kappa shape index (κ2) is 6.99. The smallest absolute Gasteiger partial charge is 0.213 e. The van der Waals surface area contributed by atoms with Gasteiger partial charge in [0.15, 0.2) is 0 Å². The van der Waals surface area contributed by atoms with E-state index >= 15 is 0 Å². The van der Waals surface area contributed by atoms with Crippen LogP contribution in [0.4, 0.5) is 0 Å². The minimum absolute atomic E-state index is 0.173. The van der Waals surface area contributed by atoms with Crippen LogP contribution in [0.3, 0.4) is 0 Å². The van der Waals surface area contributed by atoms with Gasteiger partial charge in [0, 0.05) is 22.6 Å². The Morgan fingerprint density at radius 3 is 2.50 bits per heavy atom. The van der Waals surface area contributed by atoms with E-state index in [9.17, 15) is 0 Å². The molecule has 2 aliphatic heterocycles. The molecular formula is C24H21ClN2O. The summed E-state index contributed by atoms with van der Waals surface area (Å²) in [7, 11) is 0. The number of fused-ring (bicyclic) bond motifs is 3. The maximum absolute atomic E-state index is 6.37. The number of hydrogen-bond donors (Lipinski definition) is 0. The van der Waals surface area contributed by atoms with Crippen molar-refractivity contribution in [1.29, 1.82) is 0 Å². The fourth-order valence-electron chi connectivity index (χ4n) is 3.99. The van der Waals surface area contributed by atoms with Crippen molar-refractivity contribution in [2.75, 3.05) is 0 Å². The van der Waals surface area contributed by atoms with E-state index in [0.717, 1.165) is 34.9 Å². The first-order chi connectivity index (χ1) is 13.7. The Kier molecular flexibility index (Phi) is 4.33. The molecule has 5 rings (SSSR count). The van der Waals surface area contributed by atoms with Crippen LogP contribution in [0.1, 0.15) is 47.9 Å². The normalized spacial score (nSPS) is 20.2. The van der Waals surface area contributed by atoms with E-state index in [4.69, 9.17) is 21.4 Å². The second-order valence-electron chi connectivity index (χ2n) is 7.26. The molecule has 0 saturated carbocycles. The van der Waals surface area contributed by atoms with Gasteiger partial charge in [0.05, 0.1) is 11.8 Å². The number of hydrazone groups is 1. The molecule has 0 saturated heterocycles. The third kappa shape index (κ3) is 2.96. The summed E-state index contributed by atoms with van der Waals surface area (Å²) in [6.07, 6.45) is 1.65. The number of halogens is 1. The van der Waals surface area contributed by atoms with E-state index < -0.39 is 0 Å². The van der Waals surface area contributed by atoms with E-state index in [2.05, 4.69) is 48.3 Å². The Balaban J connectivity index is 1.56. The Morgan fingerprint density at radius 2 is 1.75 bits per heavy atom. The Hall–Kier alpha value is -2.78. The van der Waals surface area contributed by atoms with Gasteiger partial charge in [0.1, 0.15) is 5.75 Å². The molecule has 0 unspecified atom stereocenters. The Bertz CT molecular complexity index is 1030. The summed E-state index contributed by atoms with van der Waals surface area (Å²) >= 11 is 6.09. The van der Waals surface area contributed by atoms with E-state index in [1.54, 1.807) is 0 Å². The van der Waals surface area contributed by atoms with Crippen molar-refractivity contribution >= 4 is 17.3 Å². The quantitative estimate of drug-likeness (QED) is 0.538. The Morgan fingerprint density at radius 1 is 1.00 bits per heavy atom. The van der Waals surface area contributed by atoms with Crippen molar-refractivity contribution in [1.82, 2.24) is 5.01 Å². The van der Waals surface area contributed by atoms with E-state index in [0.29, 0.717) is 0 Å². The van der Waals surface area contributed by atoms with Crippen molar-refractivity contribution in [2.45, 2.75) is 32.0 Å². The van der Waals surface area contributed by atoms with Gasteiger partial charge in [-0.25, -0.2) is 5.01 Å². The van der Waals surface area contributed by atoms with Crippen LogP contribution in [0.5, 0.6) is 5.75 Å². The van der Waals surface area contributed by atoms with Crippen LogP contribution in [0.25, 0.3) is 0 Å². The highest BCUT2D eigenvalue weighted by Crippen LogP contribution is 2.47. The number of para-hydroxylation sites is 1. The fourth-order valence-corrected chi connectivity index (χ4v) is 4.11. The summed E-state index contributed by atoms with van der Waals surface area (Å²) in [6.45, 7) is 2.17. The summed E-state index contributed by atoms with van der Waals surface area (Å²) in [5.41, 5.74) is 5.87. The monoisotopic (exact) mass is 388 g/mol. The average molecular weight is 389 g/mol. The highest BCUT2D eigenvalue weighted by atomic mass is 35.5. The summed E-state index contributed by atoms with van der Waals surface area (Å²) in [4.78, 5) is 0. The number of rotatable bonds is 3. The van der Waals surface area contributed by atoms with Crippen LogP contribution >= 0.6 is 11.6 Å². The van der Waals surface area contributed by atoms with Gasteiger partial charge in [-0.1, -0.05) is 73.1 Å². The molecule has 3 aromatic rings. The highest BCUT2D eigenvalue weighted by molar-refractivity contribution is 6.30. The van der Waals surface area contributed by atoms with Crippen molar-refractivity contribution < 1.29 is 4.74 Å². The largest absolute Gasteiger partial charge is 0.464 e. The minimum Gasteiger partial charge on any atom is -0.464 e. The SMILES string of the molecule is CCc1ccc(C2=NN3[C@@H](C2)c2ccccc2O[C@H]3c2ccc(Cl)cc2)cc1. The molecule has 2 heterocycles. The van der Waals surface area contributed by atoms with Gasteiger partial charge in [-0.05, 0) is 35.7 Å². The number of benzene rings is 3. The molecule has 0 spiro atoms. The van der Waals surface area contributed by atoms with Gasteiger partial charge in [-0.15, -0.1) is 0 Å². The molecule has 2 atom stereocenters. The third-order valence-corrected chi connectivity index (χ3v) is 5.80. The molecule has 0 fully saturated rings. The maximum Gasteiger partial charge on any atom is 0.213 e. The topological polar surface area (TPSA) is 24.8 Å². The van der Waals surface area contributed by atoms with Gasteiger partial charge in [-0.3, -0.25) is 0 Å². The standard InChI is InChI=1S/C24H21ClN2O/c1-2-16-7-9-17(10-8-16)21-15-22-20-5-3-4-6-23(20)28-24(27(22)26-21)18-11-13-19(25)14-12-18/h3-14,22,24H,2,15H2,1H3/t22-,24-/m0/s1. The van der Waals surface area contributed by atoms with E-state index in [1.807, 2.05) is 36.4 Å². The molecule has 28 heavy (non-hydrogen) atoms. The summed E-state index contributed by atoms with van der Waals surface area (Å²) in [5, 5.41) is 7.83. The fraction of sp³-hybridized carbons (Fsp3) is 0.208. The molecule has 3 nitrogen and oxygen atoms in total. The second-order valence-corrected chi connectivity index (χ2v) is 7.69. The first-order valence-electron chi connectivity index (χ1n) is 9.69. The van der Waals surface area contributed by atoms with Crippen LogP contribution in [-0.2, 0) is 6.42 Å². The zero-order valence-corrected chi connectivity index (χ0v) is 16.4. The molecule has 0 amide bonds. The first kappa shape index (κ1) is 17.3. The van der Waals surface area contributed by atoms with Gasteiger partial charge in [0.25, 0.3) is 0 Å². The number of hydrogen-bond acceptors (Lipinski definition) is 3. The van der Waals surface area contributed by atoms with Crippen LogP contribution in [0.15, 0.2) is 77.9 Å². The van der Waals surface area contributed by atoms with Gasteiger partial charge in [0.2, 0.25) is 6.23 Å². The van der Waals surface area contributed by atoms with Crippen molar-refractivity contribution in [3.8, 4) is 5.75 Å². The zero-order chi connectivity index (χ0) is 19.1. The Labute approximate surface area is 170 Å². The summed E-state index contributed by atoms with van der Waals surface area (Å²) in [6, 6.07) is 25.0. The van der Waals surface area contributed by atoms with Crippen LogP contribution in [0.2, 0.25) is 5.02 Å². The lowest BCUT2D eigenvalue weighted by atomic mass is 9.95. The number of nitrogens with zero attached hydrogens (tertiary/aromatic N) is 2. The lowest BCUT2D eigenvalue weighted by Crippen LogP contribution is -2.33. The van der Waals surface area contributed by atoms with Crippen molar-refractivity contribution in [3.05, 3.63) is 100 Å². The third-order valence-electron chi connectivity index (χ3n) is 5.55. The molecule has 3 aromatic carbocycles. The molecule has 0 radical (unpaired) electrons. The minimum atomic E-state index is -0.260. The molecule has 4 heteroatoms. The summed E-state index contributed by atoms with van der Waals surface area (Å²) in [5.74, 6) is 0.932. The maximum atomic E-state index is 6.37. The van der Waals surface area contributed by atoms with Gasteiger partial charge in [-0.2, -0.15) is 5.10 Å². The van der Waals surface area contributed by atoms with Crippen molar-refractivity contribution in [2.24, 2.45) is 5.10 Å². The molecule has 0 aromatic heterocycles. The first-order valence-corrected chi connectivity index (χ1v) is 10.1. The predicted molar refractivity (Wildman–Crippen MR) is 113 cm³/mol. The lowest BCUT2D eigenvalue weighted by molar-refractivity contribution is -0.0190. The van der Waals surface area contributed by atoms with E-state index in [1.165, 1.54) is 16.7 Å². The number of ether oxygens (including phenoxy) is 1. The number of aryl methyl sites for hydroxylation is 1. The van der Waals surface area contributed by atoms with E-state index in [-0.39, 0.29) is 12.3 Å². The van der Waals surface area contributed by atoms with Crippen LogP contribution in [0, 0.1) is 0 Å². The molecule has 2 aliphatic rings. The van der Waals surface area contributed by atoms with Crippen LogP contribution in [-0.4, -0.2) is 10.7 Å². The van der Waals surface area contributed by atoms with Gasteiger partial charge < -0.3 is 4.74 Å². The lowest BCUT2D eigenvalue weighted by Gasteiger charge is -2.38. The van der Waals surface area contributed by atoms with Gasteiger partial charge >= 0.3 is 0 Å². The summed E-state index contributed by atoms with van der Waals surface area (Å²) < 4.78 is 6.37. The molecule has 140 valence electrons. The van der Waals surface area contributed by atoms with Crippen molar-refractivity contribution in [3.63, 3.8) is 0 Å². The molecule has 0 N–H and O–H groups in total. The molecular weight excluding hydrogens is 368 g/mol. The predicted octanol–water partition coefficient (Wildman–Crippen LogP) is 6.14.